The summed E-state index contributed by atoms with van der Waals surface area (Å²) in [6, 6.07) is 4.56. The summed E-state index contributed by atoms with van der Waals surface area (Å²) >= 11 is 6.28. The van der Waals surface area contributed by atoms with Crippen LogP contribution < -0.4 is 5.32 Å². The number of nitrogens with zero attached hydrogens (tertiary/aromatic N) is 1. The average molecular weight is 323 g/mol. The molecular formula is C18H27ClN2O. The summed E-state index contributed by atoms with van der Waals surface area (Å²) in [6.45, 7) is 3.01. The first-order chi connectivity index (χ1) is 10.8. The number of ether oxygens (including phenoxy) is 1. The molecule has 22 heavy (non-hydrogen) atoms. The standard InChI is InChI=1S/C18H27ClN2O/c19-17-2-1-10-21-18(17)15-5-3-14(4-6-15)7-11-20-16-8-12-22-13-9-16/h1-2,10,14-16,20H,3-9,11-13H2/t14-,15+. The summed E-state index contributed by atoms with van der Waals surface area (Å²) in [7, 11) is 0. The van der Waals surface area contributed by atoms with Crippen LogP contribution in [0, 0.1) is 5.92 Å². The highest BCUT2D eigenvalue weighted by atomic mass is 35.5. The molecule has 0 unspecified atom stereocenters. The molecule has 1 aromatic rings. The van der Waals surface area contributed by atoms with Crippen molar-refractivity contribution in [3.8, 4) is 0 Å². The summed E-state index contributed by atoms with van der Waals surface area (Å²) < 4.78 is 5.40. The van der Waals surface area contributed by atoms with Gasteiger partial charge in [-0.1, -0.05) is 11.6 Å². The fraction of sp³-hybridized carbons (Fsp3) is 0.722. The van der Waals surface area contributed by atoms with Crippen molar-refractivity contribution in [3.63, 3.8) is 0 Å². The van der Waals surface area contributed by atoms with Gasteiger partial charge in [-0.05, 0) is 69.5 Å². The van der Waals surface area contributed by atoms with E-state index < -0.39 is 0 Å². The summed E-state index contributed by atoms with van der Waals surface area (Å²) in [5.41, 5.74) is 1.11. The first kappa shape index (κ1) is 16.2. The SMILES string of the molecule is Clc1cccnc1[C@H]1CC[C@@H](CCNC2CCOCC2)CC1. The third-order valence-corrected chi connectivity index (χ3v) is 5.55. The van der Waals surface area contributed by atoms with Gasteiger partial charge in [-0.2, -0.15) is 0 Å². The molecular weight excluding hydrogens is 296 g/mol. The summed E-state index contributed by atoms with van der Waals surface area (Å²) in [5, 5.41) is 4.55. The number of hydrogen-bond acceptors (Lipinski definition) is 3. The van der Waals surface area contributed by atoms with Gasteiger partial charge in [0.15, 0.2) is 0 Å². The van der Waals surface area contributed by atoms with E-state index in [2.05, 4.69) is 10.3 Å². The molecule has 122 valence electrons. The van der Waals surface area contributed by atoms with Crippen molar-refractivity contribution >= 4 is 11.6 Å². The summed E-state index contributed by atoms with van der Waals surface area (Å²) in [4.78, 5) is 4.49. The van der Waals surface area contributed by atoms with Gasteiger partial charge in [0.1, 0.15) is 0 Å². The molecule has 0 radical (unpaired) electrons. The van der Waals surface area contributed by atoms with E-state index in [9.17, 15) is 0 Å². The molecule has 0 atom stereocenters. The van der Waals surface area contributed by atoms with E-state index in [0.29, 0.717) is 12.0 Å². The van der Waals surface area contributed by atoms with Crippen LogP contribution in [0.5, 0.6) is 0 Å². The number of aromatic nitrogens is 1. The molecule has 1 saturated carbocycles. The van der Waals surface area contributed by atoms with E-state index in [1.807, 2.05) is 18.3 Å². The number of nitrogens with one attached hydrogen (secondary N) is 1. The number of pyridine rings is 1. The highest BCUT2D eigenvalue weighted by molar-refractivity contribution is 6.31. The van der Waals surface area contributed by atoms with Gasteiger partial charge in [0.05, 0.1) is 10.7 Å². The van der Waals surface area contributed by atoms with Crippen molar-refractivity contribution in [2.45, 2.75) is 56.9 Å². The fourth-order valence-corrected chi connectivity index (χ4v) is 4.09. The van der Waals surface area contributed by atoms with Gasteiger partial charge in [0.2, 0.25) is 0 Å². The fourth-order valence-electron chi connectivity index (χ4n) is 3.82. The highest BCUT2D eigenvalue weighted by Gasteiger charge is 2.24. The Kier molecular flexibility index (Phi) is 6.11. The van der Waals surface area contributed by atoms with Gasteiger partial charge in [-0.3, -0.25) is 4.98 Å². The first-order valence-corrected chi connectivity index (χ1v) is 9.12. The number of rotatable bonds is 5. The van der Waals surface area contributed by atoms with Crippen LogP contribution >= 0.6 is 11.6 Å². The molecule has 2 aliphatic rings. The molecule has 4 heteroatoms. The van der Waals surface area contributed by atoms with Crippen LogP contribution in [-0.4, -0.2) is 30.8 Å². The normalized spacial score (nSPS) is 27.0. The van der Waals surface area contributed by atoms with Crippen molar-refractivity contribution in [2.24, 2.45) is 5.92 Å². The molecule has 2 fully saturated rings. The number of halogens is 1. The van der Waals surface area contributed by atoms with E-state index in [1.54, 1.807) is 0 Å². The lowest BCUT2D eigenvalue weighted by Gasteiger charge is -2.29. The topological polar surface area (TPSA) is 34.2 Å². The average Bonchev–Trinajstić information content (AvgIpc) is 2.57. The van der Waals surface area contributed by atoms with Crippen LogP contribution in [0.15, 0.2) is 18.3 Å². The Morgan fingerprint density at radius 2 is 1.91 bits per heavy atom. The van der Waals surface area contributed by atoms with Crippen molar-refractivity contribution in [2.75, 3.05) is 19.8 Å². The van der Waals surface area contributed by atoms with Crippen LogP contribution in [0.1, 0.15) is 56.6 Å². The molecule has 1 aromatic heterocycles. The largest absolute Gasteiger partial charge is 0.381 e. The monoisotopic (exact) mass is 322 g/mol. The van der Waals surface area contributed by atoms with Gasteiger partial charge in [-0.15, -0.1) is 0 Å². The molecule has 3 rings (SSSR count). The minimum absolute atomic E-state index is 0.563. The quantitative estimate of drug-likeness (QED) is 0.883. The predicted molar refractivity (Wildman–Crippen MR) is 90.4 cm³/mol. The third kappa shape index (κ3) is 4.43. The molecule has 1 aliphatic carbocycles. The minimum atomic E-state index is 0.563. The molecule has 0 aromatic carbocycles. The van der Waals surface area contributed by atoms with Crippen LogP contribution in [0.3, 0.4) is 0 Å². The Morgan fingerprint density at radius 1 is 1.14 bits per heavy atom. The Labute approximate surface area is 138 Å². The lowest BCUT2D eigenvalue weighted by Crippen LogP contribution is -2.36. The second-order valence-corrected chi connectivity index (χ2v) is 7.12. The highest BCUT2D eigenvalue weighted by Crippen LogP contribution is 2.38. The smallest absolute Gasteiger partial charge is 0.0624 e. The van der Waals surface area contributed by atoms with Gasteiger partial charge in [0, 0.05) is 31.4 Å². The third-order valence-electron chi connectivity index (χ3n) is 5.23. The first-order valence-electron chi connectivity index (χ1n) is 8.74. The Bertz CT molecular complexity index is 454. The molecule has 3 nitrogen and oxygen atoms in total. The maximum atomic E-state index is 6.28. The molecule has 0 amide bonds. The van der Waals surface area contributed by atoms with Crippen molar-refractivity contribution in [1.29, 1.82) is 0 Å². The predicted octanol–water partition coefficient (Wildman–Crippen LogP) is 4.17. The van der Waals surface area contributed by atoms with Crippen LogP contribution in [-0.2, 0) is 4.74 Å². The summed E-state index contributed by atoms with van der Waals surface area (Å²) in [5.74, 6) is 1.43. The maximum Gasteiger partial charge on any atom is 0.0624 e. The van der Waals surface area contributed by atoms with E-state index in [-0.39, 0.29) is 0 Å². The Hall–Kier alpha value is -0.640. The van der Waals surface area contributed by atoms with E-state index in [0.717, 1.165) is 36.4 Å². The van der Waals surface area contributed by atoms with E-state index in [4.69, 9.17) is 16.3 Å². The van der Waals surface area contributed by atoms with Crippen molar-refractivity contribution < 1.29 is 4.74 Å². The van der Waals surface area contributed by atoms with Crippen LogP contribution in [0.2, 0.25) is 5.02 Å². The molecule has 1 N–H and O–H groups in total. The van der Waals surface area contributed by atoms with E-state index >= 15 is 0 Å². The zero-order valence-electron chi connectivity index (χ0n) is 13.3. The second kappa shape index (κ2) is 8.28. The van der Waals surface area contributed by atoms with Gasteiger partial charge >= 0.3 is 0 Å². The Balaban J connectivity index is 1.37. The van der Waals surface area contributed by atoms with Crippen LogP contribution in [0.4, 0.5) is 0 Å². The Morgan fingerprint density at radius 3 is 2.64 bits per heavy atom. The molecule has 2 heterocycles. The lowest BCUT2D eigenvalue weighted by molar-refractivity contribution is 0.0775. The number of hydrogen-bond donors (Lipinski definition) is 1. The summed E-state index contributed by atoms with van der Waals surface area (Å²) in [6.07, 6.45) is 10.6. The van der Waals surface area contributed by atoms with Crippen molar-refractivity contribution in [3.05, 3.63) is 29.0 Å². The van der Waals surface area contributed by atoms with Gasteiger partial charge < -0.3 is 10.1 Å². The molecule has 0 bridgehead atoms. The zero-order chi connectivity index (χ0) is 15.2. The van der Waals surface area contributed by atoms with Crippen molar-refractivity contribution in [1.82, 2.24) is 10.3 Å². The minimum Gasteiger partial charge on any atom is -0.381 e. The second-order valence-electron chi connectivity index (χ2n) is 6.72. The maximum absolute atomic E-state index is 6.28. The van der Waals surface area contributed by atoms with Gasteiger partial charge in [0.25, 0.3) is 0 Å². The zero-order valence-corrected chi connectivity index (χ0v) is 14.0. The van der Waals surface area contributed by atoms with Crippen LogP contribution in [0.25, 0.3) is 0 Å². The van der Waals surface area contributed by atoms with E-state index in [1.165, 1.54) is 44.9 Å². The molecule has 1 aliphatic heterocycles. The lowest BCUT2D eigenvalue weighted by atomic mass is 9.79. The molecule has 0 spiro atoms. The molecule has 1 saturated heterocycles. The van der Waals surface area contributed by atoms with Gasteiger partial charge in [-0.25, -0.2) is 0 Å².